The first-order valence-electron chi connectivity index (χ1n) is 6.09. The van der Waals surface area contributed by atoms with Crippen molar-refractivity contribution in [1.29, 1.82) is 0 Å². The van der Waals surface area contributed by atoms with Crippen LogP contribution in [0.5, 0.6) is 0 Å². The van der Waals surface area contributed by atoms with Crippen molar-refractivity contribution in [2.24, 2.45) is 5.92 Å². The van der Waals surface area contributed by atoms with Gasteiger partial charge in [0.2, 0.25) is 0 Å². The monoisotopic (exact) mass is 197 g/mol. The molecular formula is C12H23NO. The van der Waals surface area contributed by atoms with E-state index in [2.05, 4.69) is 25.7 Å². The van der Waals surface area contributed by atoms with E-state index in [1.807, 2.05) is 0 Å². The molecule has 0 spiro atoms. The van der Waals surface area contributed by atoms with E-state index in [0.29, 0.717) is 6.10 Å². The number of rotatable bonds is 4. The average molecular weight is 197 g/mol. The fourth-order valence-electron chi connectivity index (χ4n) is 3.05. The highest BCUT2D eigenvalue weighted by Crippen LogP contribution is 2.40. The zero-order valence-electron chi connectivity index (χ0n) is 9.70. The van der Waals surface area contributed by atoms with Gasteiger partial charge in [-0.1, -0.05) is 6.92 Å². The summed E-state index contributed by atoms with van der Waals surface area (Å²) in [5.74, 6) is 0.828. The number of likely N-dealkylation sites (tertiary alicyclic amines) is 1. The Balaban J connectivity index is 1.84. The summed E-state index contributed by atoms with van der Waals surface area (Å²) in [5.41, 5.74) is 0. The minimum atomic E-state index is 0.579. The number of piperidine rings is 1. The Hall–Kier alpha value is -0.0800. The summed E-state index contributed by atoms with van der Waals surface area (Å²) in [6.45, 7) is 9.03. The van der Waals surface area contributed by atoms with Crippen LogP contribution < -0.4 is 0 Å². The Bertz CT molecular complexity index is 193. The third-order valence-corrected chi connectivity index (χ3v) is 3.72. The number of hydrogen-bond acceptors (Lipinski definition) is 2. The maximum Gasteiger partial charge on any atom is 0.0631 e. The fourth-order valence-corrected chi connectivity index (χ4v) is 3.05. The molecule has 1 heterocycles. The SMILES string of the molecule is CCCO[C@@H]1C[C@@H]2C[C@H]1CN2C(C)C. The van der Waals surface area contributed by atoms with Gasteiger partial charge >= 0.3 is 0 Å². The van der Waals surface area contributed by atoms with Gasteiger partial charge in [0, 0.05) is 25.2 Å². The number of nitrogens with zero attached hydrogens (tertiary/aromatic N) is 1. The number of hydrogen-bond donors (Lipinski definition) is 0. The lowest BCUT2D eigenvalue weighted by molar-refractivity contribution is -0.00538. The summed E-state index contributed by atoms with van der Waals surface area (Å²) in [6, 6.07) is 1.54. The zero-order chi connectivity index (χ0) is 10.1. The summed E-state index contributed by atoms with van der Waals surface area (Å²) < 4.78 is 5.89. The van der Waals surface area contributed by atoms with E-state index in [9.17, 15) is 0 Å². The second kappa shape index (κ2) is 4.19. The lowest BCUT2D eigenvalue weighted by atomic mass is 10.1. The van der Waals surface area contributed by atoms with Gasteiger partial charge in [0.25, 0.3) is 0 Å². The first kappa shape index (κ1) is 10.4. The van der Waals surface area contributed by atoms with E-state index in [1.54, 1.807) is 0 Å². The summed E-state index contributed by atoms with van der Waals surface area (Å²) in [7, 11) is 0. The predicted molar refractivity (Wildman–Crippen MR) is 58.4 cm³/mol. The Morgan fingerprint density at radius 3 is 2.64 bits per heavy atom. The van der Waals surface area contributed by atoms with Crippen LogP contribution in [0, 0.1) is 5.92 Å². The van der Waals surface area contributed by atoms with Crippen LogP contribution in [0.4, 0.5) is 0 Å². The summed E-state index contributed by atoms with van der Waals surface area (Å²) in [6.07, 6.45) is 4.40. The molecule has 3 atom stereocenters. The van der Waals surface area contributed by atoms with E-state index in [4.69, 9.17) is 4.74 Å². The summed E-state index contributed by atoms with van der Waals surface area (Å²) in [4.78, 5) is 2.65. The van der Waals surface area contributed by atoms with Crippen molar-refractivity contribution in [3.05, 3.63) is 0 Å². The Labute approximate surface area is 87.6 Å². The van der Waals surface area contributed by atoms with Crippen molar-refractivity contribution in [3.63, 3.8) is 0 Å². The molecule has 1 saturated heterocycles. The average Bonchev–Trinajstić information content (AvgIpc) is 2.72. The topological polar surface area (TPSA) is 12.5 Å². The van der Waals surface area contributed by atoms with Crippen LogP contribution >= 0.6 is 0 Å². The summed E-state index contributed by atoms with van der Waals surface area (Å²) in [5, 5.41) is 0. The molecular weight excluding hydrogens is 174 g/mol. The smallest absolute Gasteiger partial charge is 0.0631 e. The van der Waals surface area contributed by atoms with Gasteiger partial charge in [-0.25, -0.2) is 0 Å². The van der Waals surface area contributed by atoms with Crippen molar-refractivity contribution in [2.45, 2.75) is 58.2 Å². The van der Waals surface area contributed by atoms with Gasteiger partial charge in [0.05, 0.1) is 6.10 Å². The van der Waals surface area contributed by atoms with Crippen LogP contribution in [-0.2, 0) is 4.74 Å². The van der Waals surface area contributed by atoms with E-state index in [-0.39, 0.29) is 0 Å². The lowest BCUT2D eigenvalue weighted by Gasteiger charge is -2.34. The molecule has 1 aliphatic heterocycles. The molecule has 2 nitrogen and oxygen atoms in total. The Kier molecular flexibility index (Phi) is 3.13. The minimum absolute atomic E-state index is 0.579. The van der Waals surface area contributed by atoms with Crippen molar-refractivity contribution in [1.82, 2.24) is 4.90 Å². The highest BCUT2D eigenvalue weighted by Gasteiger charge is 2.45. The van der Waals surface area contributed by atoms with Crippen LogP contribution in [0.1, 0.15) is 40.0 Å². The number of ether oxygens (including phenoxy) is 1. The molecule has 2 bridgehead atoms. The molecule has 2 fully saturated rings. The second-order valence-electron chi connectivity index (χ2n) is 5.09. The first-order chi connectivity index (χ1) is 6.72. The molecule has 2 aliphatic rings. The molecule has 82 valence electrons. The van der Waals surface area contributed by atoms with Crippen LogP contribution in [0.3, 0.4) is 0 Å². The van der Waals surface area contributed by atoms with Crippen LogP contribution in [0.2, 0.25) is 0 Å². The first-order valence-corrected chi connectivity index (χ1v) is 6.09. The van der Waals surface area contributed by atoms with E-state index in [1.165, 1.54) is 19.4 Å². The van der Waals surface area contributed by atoms with Gasteiger partial charge in [-0.3, -0.25) is 4.90 Å². The lowest BCUT2D eigenvalue weighted by Crippen LogP contribution is -2.42. The standard InChI is InChI=1S/C12H23NO/c1-4-5-14-12-7-11-6-10(12)8-13(11)9(2)3/h9-12H,4-8H2,1-3H3/t10-,11-,12+/m0/s1. The van der Waals surface area contributed by atoms with Crippen molar-refractivity contribution >= 4 is 0 Å². The van der Waals surface area contributed by atoms with Crippen molar-refractivity contribution in [2.75, 3.05) is 13.2 Å². The van der Waals surface area contributed by atoms with E-state index < -0.39 is 0 Å². The maximum atomic E-state index is 5.89. The highest BCUT2D eigenvalue weighted by atomic mass is 16.5. The molecule has 1 saturated carbocycles. The Morgan fingerprint density at radius 2 is 2.14 bits per heavy atom. The Morgan fingerprint density at radius 1 is 1.36 bits per heavy atom. The van der Waals surface area contributed by atoms with Gasteiger partial charge in [-0.15, -0.1) is 0 Å². The van der Waals surface area contributed by atoms with Gasteiger partial charge < -0.3 is 4.74 Å². The van der Waals surface area contributed by atoms with Gasteiger partial charge in [-0.2, -0.15) is 0 Å². The zero-order valence-corrected chi connectivity index (χ0v) is 9.70. The third kappa shape index (κ3) is 1.82. The van der Waals surface area contributed by atoms with Crippen LogP contribution in [0.15, 0.2) is 0 Å². The highest BCUT2D eigenvalue weighted by molar-refractivity contribution is 4.99. The molecule has 0 N–H and O–H groups in total. The van der Waals surface area contributed by atoms with E-state index in [0.717, 1.165) is 31.0 Å². The van der Waals surface area contributed by atoms with Crippen molar-refractivity contribution in [3.8, 4) is 0 Å². The van der Waals surface area contributed by atoms with Gasteiger partial charge in [-0.05, 0) is 39.0 Å². The van der Waals surface area contributed by atoms with Crippen LogP contribution in [-0.4, -0.2) is 36.2 Å². The molecule has 2 rings (SSSR count). The number of fused-ring (bicyclic) bond motifs is 2. The molecule has 1 aliphatic carbocycles. The third-order valence-electron chi connectivity index (χ3n) is 3.72. The molecule has 0 aromatic carbocycles. The molecule has 0 amide bonds. The molecule has 0 aromatic heterocycles. The molecule has 14 heavy (non-hydrogen) atoms. The maximum absolute atomic E-state index is 5.89. The normalized spacial score (nSPS) is 37.3. The molecule has 0 unspecified atom stereocenters. The quantitative estimate of drug-likeness (QED) is 0.685. The summed E-state index contributed by atoms with van der Waals surface area (Å²) >= 11 is 0. The van der Waals surface area contributed by atoms with Gasteiger partial charge in [0.15, 0.2) is 0 Å². The fraction of sp³-hybridized carbons (Fsp3) is 1.00. The largest absolute Gasteiger partial charge is 0.378 e. The molecule has 0 aromatic rings. The minimum Gasteiger partial charge on any atom is -0.378 e. The van der Waals surface area contributed by atoms with E-state index >= 15 is 0 Å². The van der Waals surface area contributed by atoms with Crippen LogP contribution in [0.25, 0.3) is 0 Å². The predicted octanol–water partition coefficient (Wildman–Crippen LogP) is 2.28. The van der Waals surface area contributed by atoms with Crippen molar-refractivity contribution < 1.29 is 4.74 Å². The molecule has 2 heteroatoms. The van der Waals surface area contributed by atoms with Gasteiger partial charge in [0.1, 0.15) is 0 Å². The second-order valence-corrected chi connectivity index (χ2v) is 5.09. The molecule has 0 radical (unpaired) electrons.